The lowest BCUT2D eigenvalue weighted by Gasteiger charge is -2.19. The van der Waals surface area contributed by atoms with Gasteiger partial charge in [0.05, 0.1) is 0 Å². The lowest BCUT2D eigenvalue weighted by atomic mass is 9.87. The molecular weight excluding hydrogens is 422 g/mol. The Hall–Kier alpha value is -3.53. The highest BCUT2D eigenvalue weighted by molar-refractivity contribution is 5.93. The number of anilines is 1. The topological polar surface area (TPSA) is 69.6 Å². The summed E-state index contributed by atoms with van der Waals surface area (Å²) >= 11 is 0. The van der Waals surface area contributed by atoms with Crippen LogP contribution in [0.25, 0.3) is 6.08 Å². The SMILES string of the molecule is C/C(=C\c1c(C)cccc1NCc1ccc(C(C)(C)C)cc1)C(=O)O.CCc1cccc(O)c1. The van der Waals surface area contributed by atoms with Crippen molar-refractivity contribution in [2.24, 2.45) is 0 Å². The maximum Gasteiger partial charge on any atom is 0.331 e. The van der Waals surface area contributed by atoms with Crippen molar-refractivity contribution in [1.82, 2.24) is 0 Å². The standard InChI is InChI=1S/C22H27NO2.C8H10O/c1-15-7-6-8-20(19(15)13-16(2)21(24)25)23-14-17-9-11-18(12-10-17)22(3,4)5;1-2-7-4-3-5-8(9)6-7/h6-13,23H,14H2,1-5H3,(H,24,25);3-6,9H,2H2,1H3/b16-13+;. The molecule has 4 heteroatoms. The third kappa shape index (κ3) is 8.11. The van der Waals surface area contributed by atoms with E-state index in [9.17, 15) is 4.79 Å². The van der Waals surface area contributed by atoms with Gasteiger partial charge in [0, 0.05) is 23.4 Å². The normalized spacial score (nSPS) is 11.4. The molecule has 3 N–H and O–H groups in total. The summed E-state index contributed by atoms with van der Waals surface area (Å²) in [4.78, 5) is 11.1. The minimum atomic E-state index is -0.896. The Morgan fingerprint density at radius 1 is 0.971 bits per heavy atom. The minimum Gasteiger partial charge on any atom is -0.508 e. The number of aliphatic carboxylic acids is 1. The van der Waals surface area contributed by atoms with Crippen molar-refractivity contribution in [3.63, 3.8) is 0 Å². The van der Waals surface area contributed by atoms with Crippen LogP contribution < -0.4 is 5.32 Å². The number of carboxylic acids is 1. The quantitative estimate of drug-likeness (QED) is 0.337. The summed E-state index contributed by atoms with van der Waals surface area (Å²) in [7, 11) is 0. The van der Waals surface area contributed by atoms with E-state index in [1.807, 2.05) is 37.3 Å². The fourth-order valence-electron chi connectivity index (χ4n) is 3.40. The van der Waals surface area contributed by atoms with Crippen LogP contribution in [0.5, 0.6) is 5.75 Å². The molecule has 0 saturated heterocycles. The van der Waals surface area contributed by atoms with E-state index in [4.69, 9.17) is 10.2 Å². The monoisotopic (exact) mass is 459 g/mol. The van der Waals surface area contributed by atoms with Crippen LogP contribution in [0.3, 0.4) is 0 Å². The van der Waals surface area contributed by atoms with E-state index >= 15 is 0 Å². The number of nitrogens with one attached hydrogen (secondary N) is 1. The smallest absolute Gasteiger partial charge is 0.331 e. The first-order valence-electron chi connectivity index (χ1n) is 11.6. The fraction of sp³-hybridized carbons (Fsp3) is 0.300. The van der Waals surface area contributed by atoms with Crippen LogP contribution in [0.15, 0.2) is 72.3 Å². The molecule has 34 heavy (non-hydrogen) atoms. The maximum atomic E-state index is 11.1. The first-order valence-corrected chi connectivity index (χ1v) is 11.6. The third-order valence-electron chi connectivity index (χ3n) is 5.64. The molecule has 0 aliphatic heterocycles. The molecule has 0 saturated carbocycles. The van der Waals surface area contributed by atoms with Gasteiger partial charge in [-0.1, -0.05) is 76.2 Å². The highest BCUT2D eigenvalue weighted by Gasteiger charge is 2.13. The van der Waals surface area contributed by atoms with Crippen molar-refractivity contribution in [2.75, 3.05) is 5.32 Å². The molecule has 3 aromatic rings. The Bertz CT molecular complexity index is 1120. The Morgan fingerprint density at radius 3 is 2.15 bits per heavy atom. The maximum absolute atomic E-state index is 11.1. The summed E-state index contributed by atoms with van der Waals surface area (Å²) in [5, 5.41) is 21.5. The Kier molecular flexibility index (Phi) is 9.49. The minimum absolute atomic E-state index is 0.148. The second-order valence-corrected chi connectivity index (χ2v) is 9.49. The molecule has 0 atom stereocenters. The van der Waals surface area contributed by atoms with E-state index in [-0.39, 0.29) is 5.41 Å². The van der Waals surface area contributed by atoms with Crippen molar-refractivity contribution < 1.29 is 15.0 Å². The Morgan fingerprint density at radius 2 is 1.62 bits per heavy atom. The average Bonchev–Trinajstić information content (AvgIpc) is 2.79. The van der Waals surface area contributed by atoms with Gasteiger partial charge in [-0.3, -0.25) is 0 Å². The molecule has 3 aromatic carbocycles. The van der Waals surface area contributed by atoms with Crippen molar-refractivity contribution in [3.8, 4) is 5.75 Å². The molecule has 180 valence electrons. The number of hydrogen-bond acceptors (Lipinski definition) is 3. The zero-order valence-corrected chi connectivity index (χ0v) is 21.1. The van der Waals surface area contributed by atoms with E-state index in [1.165, 1.54) is 16.7 Å². The first kappa shape index (κ1) is 26.7. The van der Waals surface area contributed by atoms with Gasteiger partial charge in [0.1, 0.15) is 5.75 Å². The molecule has 0 radical (unpaired) electrons. The highest BCUT2D eigenvalue weighted by Crippen LogP contribution is 2.25. The predicted octanol–water partition coefficient (Wildman–Crippen LogP) is 7.35. The van der Waals surface area contributed by atoms with Crippen molar-refractivity contribution in [1.29, 1.82) is 0 Å². The van der Waals surface area contributed by atoms with Crippen LogP contribution in [-0.4, -0.2) is 16.2 Å². The first-order chi connectivity index (χ1) is 16.0. The average molecular weight is 460 g/mol. The van der Waals surface area contributed by atoms with E-state index in [0.29, 0.717) is 17.9 Å². The Balaban J connectivity index is 0.000000379. The van der Waals surface area contributed by atoms with E-state index < -0.39 is 5.97 Å². The molecule has 4 nitrogen and oxygen atoms in total. The van der Waals surface area contributed by atoms with Crippen molar-refractivity contribution in [2.45, 2.75) is 59.9 Å². The van der Waals surface area contributed by atoms with Crippen LogP contribution in [0.4, 0.5) is 5.69 Å². The fourth-order valence-corrected chi connectivity index (χ4v) is 3.40. The summed E-state index contributed by atoms with van der Waals surface area (Å²) in [6.07, 6.45) is 2.71. The summed E-state index contributed by atoms with van der Waals surface area (Å²) in [6.45, 7) is 13.0. The zero-order chi connectivity index (χ0) is 25.3. The summed E-state index contributed by atoms with van der Waals surface area (Å²) in [5.41, 5.74) is 7.08. The molecule has 3 rings (SSSR count). The third-order valence-corrected chi connectivity index (χ3v) is 5.64. The van der Waals surface area contributed by atoms with Crippen LogP contribution in [0.1, 0.15) is 62.4 Å². The molecule has 0 heterocycles. The molecular formula is C30H37NO3. The van der Waals surface area contributed by atoms with Gasteiger partial charge in [0.15, 0.2) is 0 Å². The van der Waals surface area contributed by atoms with Crippen molar-refractivity contribution in [3.05, 3.63) is 100 Å². The lowest BCUT2D eigenvalue weighted by molar-refractivity contribution is -0.132. The van der Waals surface area contributed by atoms with E-state index in [0.717, 1.165) is 23.2 Å². The van der Waals surface area contributed by atoms with Gasteiger partial charge in [0.25, 0.3) is 0 Å². The predicted molar refractivity (Wildman–Crippen MR) is 142 cm³/mol. The highest BCUT2D eigenvalue weighted by atomic mass is 16.4. The van der Waals surface area contributed by atoms with Crippen LogP contribution in [0.2, 0.25) is 0 Å². The van der Waals surface area contributed by atoms with Crippen LogP contribution in [0, 0.1) is 6.92 Å². The van der Waals surface area contributed by atoms with Gasteiger partial charge in [-0.15, -0.1) is 0 Å². The van der Waals surface area contributed by atoms with Gasteiger partial charge in [-0.25, -0.2) is 4.79 Å². The lowest BCUT2D eigenvalue weighted by Crippen LogP contribution is -2.11. The molecule has 0 aliphatic rings. The zero-order valence-electron chi connectivity index (χ0n) is 21.1. The van der Waals surface area contributed by atoms with Gasteiger partial charge >= 0.3 is 5.97 Å². The van der Waals surface area contributed by atoms with Crippen molar-refractivity contribution >= 4 is 17.7 Å². The number of aromatic hydroxyl groups is 1. The van der Waals surface area contributed by atoms with Crippen LogP contribution in [-0.2, 0) is 23.2 Å². The molecule has 0 bridgehead atoms. The molecule has 0 aliphatic carbocycles. The number of carbonyl (C=O) groups is 1. The summed E-state index contributed by atoms with van der Waals surface area (Å²) < 4.78 is 0. The van der Waals surface area contributed by atoms with Gasteiger partial charge in [-0.2, -0.15) is 0 Å². The van der Waals surface area contributed by atoms with E-state index in [2.05, 4.69) is 57.3 Å². The molecule has 0 fully saturated rings. The number of carboxylic acid groups (broad SMARTS) is 1. The largest absolute Gasteiger partial charge is 0.508 e. The molecule has 0 spiro atoms. The molecule has 0 aromatic heterocycles. The molecule has 0 amide bonds. The number of phenols is 1. The van der Waals surface area contributed by atoms with E-state index in [1.54, 1.807) is 25.1 Å². The second kappa shape index (κ2) is 12.1. The summed E-state index contributed by atoms with van der Waals surface area (Å²) in [5.74, 6) is -0.540. The summed E-state index contributed by atoms with van der Waals surface area (Å²) in [6, 6.07) is 21.9. The van der Waals surface area contributed by atoms with Gasteiger partial charge in [0.2, 0.25) is 0 Å². The number of benzene rings is 3. The Labute approximate surface area is 204 Å². The number of rotatable bonds is 6. The number of hydrogen-bond donors (Lipinski definition) is 3. The van der Waals surface area contributed by atoms with Gasteiger partial charge in [-0.05, 0) is 72.2 Å². The second-order valence-electron chi connectivity index (χ2n) is 9.49. The number of aryl methyl sites for hydroxylation is 2. The number of phenolic OH excluding ortho intramolecular Hbond substituents is 1. The van der Waals surface area contributed by atoms with Crippen LogP contribution >= 0.6 is 0 Å². The van der Waals surface area contributed by atoms with Gasteiger partial charge < -0.3 is 15.5 Å². The molecule has 0 unspecified atom stereocenters.